The highest BCUT2D eigenvalue weighted by atomic mass is 35.5. The van der Waals surface area contributed by atoms with Crippen LogP contribution in [-0.2, 0) is 10.5 Å². The molecule has 0 aliphatic carbocycles. The molecule has 16 heavy (non-hydrogen) atoms. The van der Waals surface area contributed by atoms with Crippen molar-refractivity contribution < 1.29 is 9.18 Å². The summed E-state index contributed by atoms with van der Waals surface area (Å²) in [6.07, 6.45) is 0. The van der Waals surface area contributed by atoms with Crippen LogP contribution < -0.4 is 5.32 Å². The van der Waals surface area contributed by atoms with Crippen LogP contribution in [0.3, 0.4) is 0 Å². The number of thioether (sulfide) groups is 1. The van der Waals surface area contributed by atoms with Crippen molar-refractivity contribution in [3.8, 4) is 0 Å². The summed E-state index contributed by atoms with van der Waals surface area (Å²) in [5, 5.41) is 2.82. The fourth-order valence-electron chi connectivity index (χ4n) is 1.13. The van der Waals surface area contributed by atoms with E-state index in [-0.39, 0.29) is 17.0 Å². The van der Waals surface area contributed by atoms with E-state index in [1.54, 1.807) is 13.1 Å². The summed E-state index contributed by atoms with van der Waals surface area (Å²) in [4.78, 5) is 11.2. The summed E-state index contributed by atoms with van der Waals surface area (Å²) in [6, 6.07) is 4.29. The monoisotopic (exact) mass is 261 g/mol. The molecule has 1 amide bonds. The standard InChI is InChI=1S/C11H13ClFNOS/c1-7(11(15)14-2)16-6-8-3-4-9(13)5-10(8)12/h3-5,7H,6H2,1-2H3,(H,14,15)/t7-/m0/s1. The highest BCUT2D eigenvalue weighted by Crippen LogP contribution is 2.24. The van der Waals surface area contributed by atoms with Crippen molar-refractivity contribution in [1.29, 1.82) is 0 Å². The van der Waals surface area contributed by atoms with E-state index in [9.17, 15) is 9.18 Å². The lowest BCUT2D eigenvalue weighted by Crippen LogP contribution is -2.27. The van der Waals surface area contributed by atoms with Crippen LogP contribution in [0.5, 0.6) is 0 Å². The van der Waals surface area contributed by atoms with Gasteiger partial charge in [-0.3, -0.25) is 4.79 Å². The van der Waals surface area contributed by atoms with Crippen molar-refractivity contribution in [3.05, 3.63) is 34.6 Å². The van der Waals surface area contributed by atoms with Gasteiger partial charge in [0.05, 0.1) is 5.25 Å². The van der Waals surface area contributed by atoms with Gasteiger partial charge in [0.25, 0.3) is 0 Å². The summed E-state index contributed by atoms with van der Waals surface area (Å²) < 4.78 is 12.8. The van der Waals surface area contributed by atoms with E-state index >= 15 is 0 Å². The van der Waals surface area contributed by atoms with Crippen LogP contribution in [0.1, 0.15) is 12.5 Å². The Bertz CT molecular complexity index is 386. The summed E-state index contributed by atoms with van der Waals surface area (Å²) >= 11 is 7.34. The predicted molar refractivity (Wildman–Crippen MR) is 66.2 cm³/mol. The van der Waals surface area contributed by atoms with Gasteiger partial charge in [0.15, 0.2) is 0 Å². The summed E-state index contributed by atoms with van der Waals surface area (Å²) in [6.45, 7) is 1.82. The SMILES string of the molecule is CNC(=O)[C@H](C)SCc1ccc(F)cc1Cl. The molecule has 0 saturated carbocycles. The van der Waals surface area contributed by atoms with Crippen molar-refractivity contribution in [2.75, 3.05) is 7.05 Å². The molecule has 0 heterocycles. The second-order valence-electron chi connectivity index (χ2n) is 3.30. The van der Waals surface area contributed by atoms with Gasteiger partial charge in [-0.2, -0.15) is 0 Å². The molecule has 1 atom stereocenters. The minimum atomic E-state index is -0.349. The molecule has 1 rings (SSSR count). The number of carbonyl (C=O) groups excluding carboxylic acids is 1. The normalized spacial score (nSPS) is 12.2. The van der Waals surface area contributed by atoms with Gasteiger partial charge in [0, 0.05) is 17.8 Å². The fraction of sp³-hybridized carbons (Fsp3) is 0.364. The Balaban J connectivity index is 2.58. The van der Waals surface area contributed by atoms with Gasteiger partial charge in [0.2, 0.25) is 5.91 Å². The highest BCUT2D eigenvalue weighted by molar-refractivity contribution is 7.99. The maximum absolute atomic E-state index is 12.8. The third kappa shape index (κ3) is 3.68. The molecular formula is C11H13ClFNOS. The van der Waals surface area contributed by atoms with Crippen LogP contribution in [0.15, 0.2) is 18.2 Å². The van der Waals surface area contributed by atoms with E-state index in [0.29, 0.717) is 10.8 Å². The summed E-state index contributed by atoms with van der Waals surface area (Å²) in [7, 11) is 1.60. The molecule has 0 radical (unpaired) electrons. The summed E-state index contributed by atoms with van der Waals surface area (Å²) in [5.41, 5.74) is 0.837. The van der Waals surface area contributed by atoms with E-state index in [1.165, 1.54) is 23.9 Å². The molecule has 0 unspecified atom stereocenters. The zero-order chi connectivity index (χ0) is 12.1. The second kappa shape index (κ2) is 6.11. The molecule has 0 aliphatic heterocycles. The third-order valence-electron chi connectivity index (χ3n) is 2.12. The van der Waals surface area contributed by atoms with Gasteiger partial charge >= 0.3 is 0 Å². The molecule has 0 saturated heterocycles. The first-order chi connectivity index (χ1) is 7.54. The van der Waals surface area contributed by atoms with E-state index in [0.717, 1.165) is 5.56 Å². The van der Waals surface area contributed by atoms with Crippen LogP contribution in [0.4, 0.5) is 4.39 Å². The Morgan fingerprint density at radius 2 is 2.31 bits per heavy atom. The Hall–Kier alpha value is -0.740. The minimum Gasteiger partial charge on any atom is -0.358 e. The number of nitrogens with one attached hydrogen (secondary N) is 1. The van der Waals surface area contributed by atoms with Crippen molar-refractivity contribution >= 4 is 29.3 Å². The van der Waals surface area contributed by atoms with Gasteiger partial charge in [0.1, 0.15) is 5.82 Å². The number of rotatable bonds is 4. The van der Waals surface area contributed by atoms with Gasteiger partial charge in [-0.05, 0) is 24.6 Å². The topological polar surface area (TPSA) is 29.1 Å². The van der Waals surface area contributed by atoms with Crippen LogP contribution in [-0.4, -0.2) is 18.2 Å². The molecule has 0 bridgehead atoms. The number of halogens is 2. The maximum atomic E-state index is 12.8. The average molecular weight is 262 g/mol. The third-order valence-corrected chi connectivity index (χ3v) is 3.66. The first-order valence-electron chi connectivity index (χ1n) is 4.81. The molecule has 5 heteroatoms. The Morgan fingerprint density at radius 1 is 1.62 bits per heavy atom. The van der Waals surface area contributed by atoms with E-state index < -0.39 is 0 Å². The molecule has 0 aromatic heterocycles. The Morgan fingerprint density at radius 3 is 2.88 bits per heavy atom. The predicted octanol–water partition coefficient (Wildman–Crippen LogP) is 2.85. The van der Waals surface area contributed by atoms with Crippen LogP contribution in [0.25, 0.3) is 0 Å². The molecule has 0 aliphatic rings. The van der Waals surface area contributed by atoms with E-state index in [1.807, 2.05) is 6.92 Å². The quantitative estimate of drug-likeness (QED) is 0.903. The van der Waals surface area contributed by atoms with Crippen molar-refractivity contribution in [2.24, 2.45) is 0 Å². The van der Waals surface area contributed by atoms with Gasteiger partial charge in [-0.15, -0.1) is 11.8 Å². The van der Waals surface area contributed by atoms with Crippen molar-refractivity contribution in [2.45, 2.75) is 17.9 Å². The first-order valence-corrected chi connectivity index (χ1v) is 6.24. The molecule has 88 valence electrons. The molecule has 0 spiro atoms. The zero-order valence-corrected chi connectivity index (χ0v) is 10.7. The molecule has 0 fully saturated rings. The second-order valence-corrected chi connectivity index (χ2v) is 5.04. The summed E-state index contributed by atoms with van der Waals surface area (Å²) in [5.74, 6) is 0.217. The zero-order valence-electron chi connectivity index (χ0n) is 9.09. The molecule has 1 aromatic carbocycles. The number of carbonyl (C=O) groups is 1. The Labute approximate surface area is 104 Å². The lowest BCUT2D eigenvalue weighted by Gasteiger charge is -2.10. The van der Waals surface area contributed by atoms with Gasteiger partial charge in [-0.1, -0.05) is 17.7 Å². The van der Waals surface area contributed by atoms with Crippen LogP contribution in [0, 0.1) is 5.82 Å². The number of hydrogen-bond acceptors (Lipinski definition) is 2. The lowest BCUT2D eigenvalue weighted by molar-refractivity contribution is -0.119. The Kier molecular flexibility index (Phi) is 5.09. The smallest absolute Gasteiger partial charge is 0.232 e. The van der Waals surface area contributed by atoms with Gasteiger partial charge in [-0.25, -0.2) is 4.39 Å². The molecular weight excluding hydrogens is 249 g/mol. The van der Waals surface area contributed by atoms with Crippen molar-refractivity contribution in [3.63, 3.8) is 0 Å². The van der Waals surface area contributed by atoms with Gasteiger partial charge < -0.3 is 5.32 Å². The maximum Gasteiger partial charge on any atom is 0.232 e. The average Bonchev–Trinajstić information content (AvgIpc) is 2.26. The molecule has 1 N–H and O–H groups in total. The van der Waals surface area contributed by atoms with Crippen LogP contribution >= 0.6 is 23.4 Å². The lowest BCUT2D eigenvalue weighted by atomic mass is 10.2. The fourth-order valence-corrected chi connectivity index (χ4v) is 2.40. The molecule has 1 aromatic rings. The largest absolute Gasteiger partial charge is 0.358 e. The van der Waals surface area contributed by atoms with E-state index in [2.05, 4.69) is 5.32 Å². The number of amides is 1. The first kappa shape index (κ1) is 13.3. The van der Waals surface area contributed by atoms with Crippen LogP contribution in [0.2, 0.25) is 5.02 Å². The highest BCUT2D eigenvalue weighted by Gasteiger charge is 2.12. The van der Waals surface area contributed by atoms with E-state index in [4.69, 9.17) is 11.6 Å². The number of benzene rings is 1. The van der Waals surface area contributed by atoms with Crippen molar-refractivity contribution in [1.82, 2.24) is 5.32 Å². The minimum absolute atomic E-state index is 0.0248. The number of hydrogen-bond donors (Lipinski definition) is 1. The molecule has 2 nitrogen and oxygen atoms in total.